The minimum atomic E-state index is -4.34. The second-order valence-electron chi connectivity index (χ2n) is 4.68. The lowest BCUT2D eigenvalue weighted by Crippen LogP contribution is -2.15. The molecule has 104 valence electrons. The maximum Gasteiger partial charge on any atom is 0.363 e. The number of aromatic nitrogens is 1. The van der Waals surface area contributed by atoms with Gasteiger partial charge in [-0.05, 0) is 44.3 Å². The first kappa shape index (κ1) is 13.9. The summed E-state index contributed by atoms with van der Waals surface area (Å²) in [6, 6.07) is 4.36. The smallest absolute Gasteiger partial charge is 0.363 e. The molecule has 0 radical (unpaired) electrons. The molecule has 19 heavy (non-hydrogen) atoms. The van der Waals surface area contributed by atoms with Gasteiger partial charge in [0.1, 0.15) is 5.75 Å². The van der Waals surface area contributed by atoms with E-state index in [1.54, 1.807) is 0 Å². The van der Waals surface area contributed by atoms with Crippen LogP contribution in [-0.2, 0) is 16.7 Å². The quantitative estimate of drug-likeness (QED) is 0.822. The summed E-state index contributed by atoms with van der Waals surface area (Å²) in [4.78, 5) is 1.97. The first-order chi connectivity index (χ1) is 8.79. The maximum absolute atomic E-state index is 11.3. The van der Waals surface area contributed by atoms with Gasteiger partial charge in [0.2, 0.25) is 0 Å². The number of rotatable bonds is 4. The molecule has 7 heteroatoms. The normalized spacial score (nSPS) is 12.4. The van der Waals surface area contributed by atoms with Gasteiger partial charge < -0.3 is 10.0 Å². The van der Waals surface area contributed by atoms with E-state index in [1.807, 2.05) is 19.0 Å². The Bertz CT molecular complexity index is 704. The fourth-order valence-corrected chi connectivity index (χ4v) is 2.66. The van der Waals surface area contributed by atoms with Crippen LogP contribution in [-0.4, -0.2) is 47.6 Å². The molecule has 0 amide bonds. The van der Waals surface area contributed by atoms with Crippen LogP contribution in [0.25, 0.3) is 10.9 Å². The first-order valence-corrected chi connectivity index (χ1v) is 7.14. The SMILES string of the molecule is CN(C)CCc1cn(S(=O)(=O)O)c2ccc(O)cc12. The lowest BCUT2D eigenvalue weighted by molar-refractivity contribution is 0.414. The van der Waals surface area contributed by atoms with E-state index in [2.05, 4.69) is 0 Å². The molecular weight excluding hydrogens is 268 g/mol. The highest BCUT2D eigenvalue weighted by atomic mass is 32.2. The number of likely N-dealkylation sites (N-methyl/N-ethyl adjacent to an activating group) is 1. The zero-order valence-electron chi connectivity index (χ0n) is 10.7. The van der Waals surface area contributed by atoms with E-state index in [9.17, 15) is 18.1 Å². The van der Waals surface area contributed by atoms with Crippen LogP contribution in [0.2, 0.25) is 0 Å². The molecule has 0 fully saturated rings. The van der Waals surface area contributed by atoms with Crippen molar-refractivity contribution in [3.05, 3.63) is 30.0 Å². The van der Waals surface area contributed by atoms with Crippen molar-refractivity contribution in [2.24, 2.45) is 0 Å². The molecule has 6 nitrogen and oxygen atoms in total. The van der Waals surface area contributed by atoms with Crippen molar-refractivity contribution in [3.8, 4) is 5.75 Å². The van der Waals surface area contributed by atoms with Crippen molar-refractivity contribution < 1.29 is 18.1 Å². The van der Waals surface area contributed by atoms with Crippen LogP contribution in [0.15, 0.2) is 24.4 Å². The van der Waals surface area contributed by atoms with E-state index in [0.29, 0.717) is 17.3 Å². The highest BCUT2D eigenvalue weighted by Crippen LogP contribution is 2.26. The maximum atomic E-state index is 11.3. The van der Waals surface area contributed by atoms with Gasteiger partial charge in [0.25, 0.3) is 0 Å². The molecule has 2 aromatic rings. The zero-order valence-corrected chi connectivity index (χ0v) is 11.6. The van der Waals surface area contributed by atoms with Crippen molar-refractivity contribution in [2.45, 2.75) is 6.42 Å². The minimum Gasteiger partial charge on any atom is -0.508 e. The number of aromatic hydroxyl groups is 1. The molecule has 0 aliphatic carbocycles. The van der Waals surface area contributed by atoms with Gasteiger partial charge >= 0.3 is 10.3 Å². The van der Waals surface area contributed by atoms with Crippen LogP contribution >= 0.6 is 0 Å². The van der Waals surface area contributed by atoms with Gasteiger partial charge in [0, 0.05) is 18.1 Å². The van der Waals surface area contributed by atoms with E-state index in [4.69, 9.17) is 0 Å². The van der Waals surface area contributed by atoms with E-state index < -0.39 is 10.3 Å². The predicted molar refractivity (Wildman–Crippen MR) is 72.8 cm³/mol. The molecule has 0 spiro atoms. The van der Waals surface area contributed by atoms with Crippen molar-refractivity contribution in [1.82, 2.24) is 8.87 Å². The minimum absolute atomic E-state index is 0.0618. The third-order valence-corrected chi connectivity index (χ3v) is 3.71. The monoisotopic (exact) mass is 284 g/mol. The fraction of sp³-hybridized carbons (Fsp3) is 0.333. The second-order valence-corrected chi connectivity index (χ2v) is 5.97. The van der Waals surface area contributed by atoms with Crippen molar-refractivity contribution >= 4 is 21.2 Å². The van der Waals surface area contributed by atoms with Crippen LogP contribution in [0.1, 0.15) is 5.56 Å². The standard InChI is InChI=1S/C12H16N2O4S/c1-13(2)6-5-9-8-14(19(16,17)18)12-4-3-10(15)7-11(9)12/h3-4,7-8,15H,5-6H2,1-2H3,(H,16,17,18). The van der Waals surface area contributed by atoms with Gasteiger partial charge in [-0.3, -0.25) is 4.55 Å². The summed E-state index contributed by atoms with van der Waals surface area (Å²) in [5, 5.41) is 10.1. The Labute approximate surface area is 111 Å². The summed E-state index contributed by atoms with van der Waals surface area (Å²) >= 11 is 0. The third kappa shape index (κ3) is 2.89. The van der Waals surface area contributed by atoms with E-state index in [0.717, 1.165) is 16.1 Å². The fourth-order valence-electron chi connectivity index (χ4n) is 1.99. The van der Waals surface area contributed by atoms with Crippen LogP contribution in [0.4, 0.5) is 0 Å². The number of phenolic OH excluding ortho intramolecular Hbond substituents is 1. The molecule has 0 aliphatic rings. The number of fused-ring (bicyclic) bond motifs is 1. The Morgan fingerprint density at radius 3 is 2.58 bits per heavy atom. The molecule has 2 rings (SSSR count). The Balaban J connectivity index is 2.60. The molecule has 2 N–H and O–H groups in total. The Morgan fingerprint density at radius 2 is 2.00 bits per heavy atom. The van der Waals surface area contributed by atoms with E-state index in [-0.39, 0.29) is 5.75 Å². The average molecular weight is 284 g/mol. The highest BCUT2D eigenvalue weighted by molar-refractivity contribution is 7.84. The number of hydrogen-bond acceptors (Lipinski definition) is 4. The van der Waals surface area contributed by atoms with Gasteiger partial charge in [-0.1, -0.05) is 0 Å². The molecule has 1 aromatic heterocycles. The van der Waals surface area contributed by atoms with Gasteiger partial charge in [0.05, 0.1) is 5.52 Å². The summed E-state index contributed by atoms with van der Waals surface area (Å²) in [5.74, 6) is 0.0618. The number of nitrogens with zero attached hydrogens (tertiary/aromatic N) is 2. The lowest BCUT2D eigenvalue weighted by atomic mass is 10.1. The molecule has 1 heterocycles. The topological polar surface area (TPSA) is 82.8 Å². The summed E-state index contributed by atoms with van der Waals surface area (Å²) in [6.07, 6.45) is 2.01. The van der Waals surface area contributed by atoms with Crippen molar-refractivity contribution in [2.75, 3.05) is 20.6 Å². The van der Waals surface area contributed by atoms with Gasteiger partial charge in [-0.15, -0.1) is 0 Å². The Kier molecular flexibility index (Phi) is 3.53. The number of hydrogen-bond donors (Lipinski definition) is 2. The molecule has 0 atom stereocenters. The van der Waals surface area contributed by atoms with Crippen LogP contribution < -0.4 is 0 Å². The van der Waals surface area contributed by atoms with E-state index >= 15 is 0 Å². The zero-order chi connectivity index (χ0) is 14.2. The molecule has 0 saturated carbocycles. The first-order valence-electron chi connectivity index (χ1n) is 5.74. The molecule has 0 aliphatic heterocycles. The lowest BCUT2D eigenvalue weighted by Gasteiger charge is -2.08. The molecule has 0 bridgehead atoms. The van der Waals surface area contributed by atoms with Gasteiger partial charge in [0.15, 0.2) is 0 Å². The van der Waals surface area contributed by atoms with Crippen LogP contribution in [0, 0.1) is 0 Å². The summed E-state index contributed by atoms with van der Waals surface area (Å²) < 4.78 is 32.7. The van der Waals surface area contributed by atoms with Crippen LogP contribution in [0.3, 0.4) is 0 Å². The molecule has 0 unspecified atom stereocenters. The van der Waals surface area contributed by atoms with Gasteiger partial charge in [-0.2, -0.15) is 8.42 Å². The highest BCUT2D eigenvalue weighted by Gasteiger charge is 2.16. The molecular formula is C12H16N2O4S. The Hall–Kier alpha value is -1.57. The average Bonchev–Trinajstić information content (AvgIpc) is 2.64. The van der Waals surface area contributed by atoms with Crippen molar-refractivity contribution in [1.29, 1.82) is 0 Å². The van der Waals surface area contributed by atoms with E-state index in [1.165, 1.54) is 24.4 Å². The summed E-state index contributed by atoms with van der Waals surface area (Å²) in [5.41, 5.74) is 1.12. The molecule has 1 aromatic carbocycles. The number of phenols is 1. The summed E-state index contributed by atoms with van der Waals surface area (Å²) in [6.45, 7) is 0.736. The van der Waals surface area contributed by atoms with Crippen LogP contribution in [0.5, 0.6) is 5.75 Å². The number of benzene rings is 1. The predicted octanol–water partition coefficient (Wildman–Crippen LogP) is 1.10. The largest absolute Gasteiger partial charge is 0.508 e. The summed E-state index contributed by atoms with van der Waals surface area (Å²) in [7, 11) is -0.506. The Morgan fingerprint density at radius 1 is 1.32 bits per heavy atom. The van der Waals surface area contributed by atoms with Crippen molar-refractivity contribution in [3.63, 3.8) is 0 Å². The van der Waals surface area contributed by atoms with Gasteiger partial charge in [-0.25, -0.2) is 3.97 Å². The third-order valence-electron chi connectivity index (χ3n) is 2.91. The molecule has 0 saturated heterocycles. The second kappa shape index (κ2) is 4.84.